The maximum Gasteiger partial charge on any atom is 0.0967 e. The third-order valence-electron chi connectivity index (χ3n) is 3.86. The van der Waals surface area contributed by atoms with Gasteiger partial charge in [-0.1, -0.05) is 0 Å². The zero-order valence-electron chi connectivity index (χ0n) is 12.5. The Hall–Kier alpha value is -0.630. The fourth-order valence-electron chi connectivity index (χ4n) is 2.60. The van der Waals surface area contributed by atoms with Crippen molar-refractivity contribution in [1.82, 2.24) is 15.1 Å². The van der Waals surface area contributed by atoms with Crippen molar-refractivity contribution in [3.05, 3.63) is 0 Å². The van der Waals surface area contributed by atoms with Crippen LogP contribution in [0.2, 0.25) is 0 Å². The molecule has 0 bridgehead atoms. The standard InChI is InChI=1S/C14H28N4/c1-11(2)16-14(8-15)6-7-18-9-12(3)17(5)13(4)10-18/h11-14,16H,6-7,9-10H2,1-5H3. The Kier molecular flexibility index (Phi) is 6.07. The minimum atomic E-state index is -0.0183. The van der Waals surface area contributed by atoms with Gasteiger partial charge in [-0.05, 0) is 41.2 Å². The predicted molar refractivity (Wildman–Crippen MR) is 75.4 cm³/mol. The largest absolute Gasteiger partial charge is 0.300 e. The summed E-state index contributed by atoms with van der Waals surface area (Å²) in [7, 11) is 2.20. The number of nitrogens with one attached hydrogen (secondary N) is 1. The summed E-state index contributed by atoms with van der Waals surface area (Å²) in [5.74, 6) is 0. The van der Waals surface area contributed by atoms with Crippen LogP contribution in [0.3, 0.4) is 0 Å². The zero-order valence-corrected chi connectivity index (χ0v) is 12.5. The first-order valence-electron chi connectivity index (χ1n) is 7.04. The molecule has 0 aliphatic carbocycles. The Labute approximate surface area is 112 Å². The van der Waals surface area contributed by atoms with Gasteiger partial charge in [0.25, 0.3) is 0 Å². The van der Waals surface area contributed by atoms with Crippen molar-refractivity contribution >= 4 is 0 Å². The second-order valence-corrected chi connectivity index (χ2v) is 5.91. The molecule has 0 radical (unpaired) electrons. The van der Waals surface area contributed by atoms with Crippen LogP contribution in [0.15, 0.2) is 0 Å². The van der Waals surface area contributed by atoms with Gasteiger partial charge >= 0.3 is 0 Å². The molecule has 1 rings (SSSR count). The van der Waals surface area contributed by atoms with Crippen molar-refractivity contribution in [2.75, 3.05) is 26.7 Å². The lowest BCUT2D eigenvalue weighted by Crippen LogP contribution is -2.55. The molecule has 3 unspecified atom stereocenters. The molecule has 1 aliphatic heterocycles. The molecule has 0 aromatic heterocycles. The first kappa shape index (κ1) is 15.4. The monoisotopic (exact) mass is 252 g/mol. The van der Waals surface area contributed by atoms with Gasteiger partial charge in [0, 0.05) is 37.8 Å². The van der Waals surface area contributed by atoms with Crippen molar-refractivity contribution < 1.29 is 0 Å². The van der Waals surface area contributed by atoms with Crippen molar-refractivity contribution in [2.45, 2.75) is 58.3 Å². The van der Waals surface area contributed by atoms with E-state index in [0.29, 0.717) is 18.1 Å². The van der Waals surface area contributed by atoms with Gasteiger partial charge in [0.05, 0.1) is 12.1 Å². The lowest BCUT2D eigenvalue weighted by atomic mass is 10.1. The van der Waals surface area contributed by atoms with E-state index in [1.807, 2.05) is 0 Å². The van der Waals surface area contributed by atoms with Crippen molar-refractivity contribution in [3.8, 4) is 6.07 Å². The Morgan fingerprint density at radius 2 is 1.83 bits per heavy atom. The maximum absolute atomic E-state index is 9.11. The van der Waals surface area contributed by atoms with E-state index in [0.717, 1.165) is 26.1 Å². The number of rotatable bonds is 5. The van der Waals surface area contributed by atoms with E-state index in [2.05, 4.69) is 55.9 Å². The van der Waals surface area contributed by atoms with Crippen LogP contribution in [0.4, 0.5) is 0 Å². The molecule has 0 saturated carbocycles. The number of piperazine rings is 1. The summed E-state index contributed by atoms with van der Waals surface area (Å²) in [5, 5.41) is 12.4. The average Bonchev–Trinajstić information content (AvgIpc) is 2.30. The minimum Gasteiger partial charge on any atom is -0.300 e. The van der Waals surface area contributed by atoms with Crippen LogP contribution < -0.4 is 5.32 Å². The van der Waals surface area contributed by atoms with Gasteiger partial charge in [0.2, 0.25) is 0 Å². The van der Waals surface area contributed by atoms with Crippen LogP contribution in [-0.2, 0) is 0 Å². The summed E-state index contributed by atoms with van der Waals surface area (Å²) in [6.07, 6.45) is 0.915. The maximum atomic E-state index is 9.11. The number of hydrogen-bond donors (Lipinski definition) is 1. The molecule has 1 heterocycles. The summed E-state index contributed by atoms with van der Waals surface area (Å²) in [6, 6.07) is 3.92. The van der Waals surface area contributed by atoms with Crippen molar-refractivity contribution in [2.24, 2.45) is 0 Å². The third kappa shape index (κ3) is 4.56. The molecule has 1 aliphatic rings. The molecule has 18 heavy (non-hydrogen) atoms. The molecule has 4 nitrogen and oxygen atoms in total. The highest BCUT2D eigenvalue weighted by atomic mass is 15.3. The number of nitrogens with zero attached hydrogens (tertiary/aromatic N) is 3. The van der Waals surface area contributed by atoms with Crippen LogP contribution in [0.5, 0.6) is 0 Å². The molecule has 1 saturated heterocycles. The Morgan fingerprint density at radius 3 is 2.28 bits per heavy atom. The molecule has 104 valence electrons. The molecule has 0 aromatic carbocycles. The van der Waals surface area contributed by atoms with Gasteiger partial charge in [-0.25, -0.2) is 0 Å². The fourth-order valence-corrected chi connectivity index (χ4v) is 2.60. The van der Waals surface area contributed by atoms with Crippen LogP contribution >= 0.6 is 0 Å². The predicted octanol–water partition coefficient (Wildman–Crippen LogP) is 1.29. The smallest absolute Gasteiger partial charge is 0.0967 e. The first-order chi connectivity index (χ1) is 8.43. The summed E-state index contributed by atoms with van der Waals surface area (Å²) in [5.41, 5.74) is 0. The molecule has 0 aromatic rings. The third-order valence-corrected chi connectivity index (χ3v) is 3.86. The summed E-state index contributed by atoms with van der Waals surface area (Å²) in [6.45, 7) is 12.0. The highest BCUT2D eigenvalue weighted by Crippen LogP contribution is 2.13. The van der Waals surface area contributed by atoms with Gasteiger partial charge in [-0.2, -0.15) is 5.26 Å². The molecular weight excluding hydrogens is 224 g/mol. The number of likely N-dealkylation sites (N-methyl/N-ethyl adjacent to an activating group) is 1. The van der Waals surface area contributed by atoms with Crippen LogP contribution in [0, 0.1) is 11.3 Å². The lowest BCUT2D eigenvalue weighted by molar-refractivity contribution is 0.0585. The fraction of sp³-hybridized carbons (Fsp3) is 0.929. The Bertz CT molecular complexity index is 272. The Morgan fingerprint density at radius 1 is 1.28 bits per heavy atom. The van der Waals surface area contributed by atoms with Gasteiger partial charge in [0.1, 0.15) is 0 Å². The normalized spacial score (nSPS) is 28.3. The van der Waals surface area contributed by atoms with E-state index in [1.165, 1.54) is 0 Å². The molecule has 0 spiro atoms. The lowest BCUT2D eigenvalue weighted by Gasteiger charge is -2.42. The van der Waals surface area contributed by atoms with Crippen molar-refractivity contribution in [1.29, 1.82) is 5.26 Å². The van der Waals surface area contributed by atoms with Gasteiger partial charge in [0.15, 0.2) is 0 Å². The molecule has 3 atom stereocenters. The minimum absolute atomic E-state index is 0.0183. The summed E-state index contributed by atoms with van der Waals surface area (Å²) >= 11 is 0. The highest BCUT2D eigenvalue weighted by Gasteiger charge is 2.26. The zero-order chi connectivity index (χ0) is 13.7. The van der Waals surface area contributed by atoms with E-state index in [4.69, 9.17) is 5.26 Å². The van der Waals surface area contributed by atoms with Gasteiger partial charge in [-0.3, -0.25) is 10.2 Å². The van der Waals surface area contributed by atoms with Gasteiger partial charge < -0.3 is 4.90 Å². The SMILES string of the molecule is CC(C)NC(C#N)CCN1CC(C)N(C)C(C)C1. The number of nitriles is 1. The molecule has 4 heteroatoms. The van der Waals surface area contributed by atoms with Crippen LogP contribution in [0.25, 0.3) is 0 Å². The van der Waals surface area contributed by atoms with E-state index in [1.54, 1.807) is 0 Å². The van der Waals surface area contributed by atoms with Crippen LogP contribution in [-0.4, -0.2) is 60.6 Å². The molecular formula is C14H28N4. The Balaban J connectivity index is 2.37. The van der Waals surface area contributed by atoms with E-state index < -0.39 is 0 Å². The molecule has 1 N–H and O–H groups in total. The molecule has 1 fully saturated rings. The topological polar surface area (TPSA) is 42.3 Å². The molecule has 0 amide bonds. The van der Waals surface area contributed by atoms with E-state index >= 15 is 0 Å². The van der Waals surface area contributed by atoms with E-state index in [-0.39, 0.29) is 6.04 Å². The van der Waals surface area contributed by atoms with Crippen molar-refractivity contribution in [3.63, 3.8) is 0 Å². The second-order valence-electron chi connectivity index (χ2n) is 5.91. The quantitative estimate of drug-likeness (QED) is 0.801. The summed E-state index contributed by atoms with van der Waals surface area (Å²) < 4.78 is 0. The average molecular weight is 252 g/mol. The second kappa shape index (κ2) is 7.08. The summed E-state index contributed by atoms with van der Waals surface area (Å²) in [4.78, 5) is 4.92. The highest BCUT2D eigenvalue weighted by molar-refractivity contribution is 4.92. The van der Waals surface area contributed by atoms with Crippen LogP contribution in [0.1, 0.15) is 34.1 Å². The first-order valence-corrected chi connectivity index (χ1v) is 7.04. The van der Waals surface area contributed by atoms with E-state index in [9.17, 15) is 0 Å². The number of hydrogen-bond acceptors (Lipinski definition) is 4. The van der Waals surface area contributed by atoms with Gasteiger partial charge in [-0.15, -0.1) is 0 Å².